The zero-order chi connectivity index (χ0) is 25.8. The van der Waals surface area contributed by atoms with Crippen LogP contribution in [-0.2, 0) is 4.79 Å². The molecule has 1 amide bonds. The molecule has 0 spiro atoms. The van der Waals surface area contributed by atoms with E-state index < -0.39 is 0 Å². The van der Waals surface area contributed by atoms with Crippen LogP contribution in [-0.4, -0.2) is 41.9 Å². The van der Waals surface area contributed by atoms with E-state index in [1.54, 1.807) is 13.8 Å². The molecule has 4 rings (SSSR count). The third-order valence-corrected chi connectivity index (χ3v) is 7.85. The summed E-state index contributed by atoms with van der Waals surface area (Å²) >= 11 is 1.82. The molecular weight excluding hydrogens is 468 g/mol. The van der Waals surface area contributed by atoms with E-state index in [2.05, 4.69) is 16.9 Å². The number of carbonyl (C=O) groups is 1. The van der Waals surface area contributed by atoms with Crippen molar-refractivity contribution in [2.75, 3.05) is 23.9 Å². The van der Waals surface area contributed by atoms with Crippen LogP contribution in [0.2, 0.25) is 0 Å². The molecule has 0 saturated heterocycles. The number of hydrogen-bond acceptors (Lipinski definition) is 7. The van der Waals surface area contributed by atoms with Crippen LogP contribution in [0.1, 0.15) is 45.1 Å². The van der Waals surface area contributed by atoms with E-state index in [1.807, 2.05) is 42.1 Å². The molecule has 2 unspecified atom stereocenters. The van der Waals surface area contributed by atoms with Gasteiger partial charge in [0.2, 0.25) is 5.91 Å². The third kappa shape index (κ3) is 5.86. The van der Waals surface area contributed by atoms with Gasteiger partial charge in [0.25, 0.3) is 0 Å². The average molecular weight is 507 g/mol. The standard InChI is InChI=1S/C28H38N6OS/c1-16(30)24(17(2)31)18-7-9-20(10-8-18)33-28(35)27-25(19-5-6-19)21-15-22(21)26(34-27)23(11-12-29)32-13-4-14-36-3/h7-12,19,21,25,27,30,34H,4-6,13-15,29,31H2,1-3H3,(H,33,35)/t21?,25?,27-/m0/s1. The maximum Gasteiger partial charge on any atom is 0.247 e. The molecule has 7 nitrogen and oxygen atoms in total. The molecule has 1 heterocycles. The van der Waals surface area contributed by atoms with Crippen molar-refractivity contribution in [2.24, 2.45) is 34.2 Å². The largest absolute Gasteiger partial charge is 0.405 e. The fourth-order valence-electron chi connectivity index (χ4n) is 5.37. The summed E-state index contributed by atoms with van der Waals surface area (Å²) in [6.45, 7) is 4.27. The summed E-state index contributed by atoms with van der Waals surface area (Å²) in [7, 11) is 0. The van der Waals surface area contributed by atoms with Crippen LogP contribution in [0.3, 0.4) is 0 Å². The van der Waals surface area contributed by atoms with Crippen molar-refractivity contribution in [3.63, 3.8) is 0 Å². The summed E-state index contributed by atoms with van der Waals surface area (Å²) in [4.78, 5) is 18.4. The molecule has 2 fully saturated rings. The number of hydrogen-bond donors (Lipinski definition) is 5. The van der Waals surface area contributed by atoms with Crippen molar-refractivity contribution in [2.45, 2.75) is 45.6 Å². The lowest BCUT2D eigenvalue weighted by atomic mass is 9.85. The monoisotopic (exact) mass is 506 g/mol. The molecule has 192 valence electrons. The number of nitrogens with zero attached hydrogens (tertiary/aromatic N) is 1. The Morgan fingerprint density at radius 3 is 2.58 bits per heavy atom. The first-order valence-electron chi connectivity index (χ1n) is 12.7. The van der Waals surface area contributed by atoms with Gasteiger partial charge < -0.3 is 27.5 Å². The van der Waals surface area contributed by atoms with Crippen molar-refractivity contribution in [1.82, 2.24) is 5.32 Å². The van der Waals surface area contributed by atoms with Gasteiger partial charge in [-0.1, -0.05) is 12.1 Å². The molecule has 1 aromatic rings. The number of nitrogens with two attached hydrogens (primary N) is 2. The molecule has 3 atom stereocenters. The quantitative estimate of drug-likeness (QED) is 0.226. The predicted octanol–water partition coefficient (Wildman–Crippen LogP) is 4.29. The number of benzene rings is 1. The summed E-state index contributed by atoms with van der Waals surface area (Å²) in [6.07, 6.45) is 9.91. The van der Waals surface area contributed by atoms with Gasteiger partial charge in [-0.15, -0.1) is 0 Å². The minimum absolute atomic E-state index is 0.0180. The van der Waals surface area contributed by atoms with E-state index in [4.69, 9.17) is 21.9 Å². The van der Waals surface area contributed by atoms with Gasteiger partial charge in [0.15, 0.2) is 0 Å². The molecular formula is C28H38N6OS. The van der Waals surface area contributed by atoms with E-state index in [0.29, 0.717) is 29.2 Å². The van der Waals surface area contributed by atoms with Gasteiger partial charge in [-0.3, -0.25) is 9.79 Å². The number of rotatable bonds is 11. The summed E-state index contributed by atoms with van der Waals surface area (Å²) in [5.41, 5.74) is 18.3. The molecule has 0 bridgehead atoms. The summed E-state index contributed by atoms with van der Waals surface area (Å²) in [5.74, 6) is 2.42. The minimum atomic E-state index is -0.309. The number of fused-ring (bicyclic) bond motifs is 1. The highest BCUT2D eigenvalue weighted by Gasteiger charge is 2.55. The Balaban J connectivity index is 1.53. The SMILES string of the molecule is CSCCCN=C(C=CN)C1=C2CC2C(C2CC2)[C@@H](C(=O)Nc2ccc(C(C(C)=N)=C(C)N)cc2)N1. The second-order valence-electron chi connectivity index (χ2n) is 9.97. The van der Waals surface area contributed by atoms with Gasteiger partial charge >= 0.3 is 0 Å². The number of aliphatic imine (C=N–C) groups is 1. The van der Waals surface area contributed by atoms with Gasteiger partial charge in [-0.05, 0) is 105 Å². The Morgan fingerprint density at radius 2 is 2.00 bits per heavy atom. The van der Waals surface area contributed by atoms with E-state index in [1.165, 1.54) is 24.6 Å². The van der Waals surface area contributed by atoms with Crippen LogP contribution in [0.25, 0.3) is 5.57 Å². The maximum absolute atomic E-state index is 13.6. The number of anilines is 1. The van der Waals surface area contributed by atoms with E-state index in [-0.39, 0.29) is 11.9 Å². The Kier molecular flexibility index (Phi) is 8.24. The van der Waals surface area contributed by atoms with Gasteiger partial charge in [0, 0.05) is 29.2 Å². The van der Waals surface area contributed by atoms with Crippen LogP contribution < -0.4 is 22.1 Å². The minimum Gasteiger partial charge on any atom is -0.405 e. The molecule has 3 aliphatic rings. The normalized spacial score (nSPS) is 24.2. The number of allylic oxidation sites excluding steroid dienone is 4. The highest BCUT2D eigenvalue weighted by Crippen LogP contribution is 2.57. The number of nitrogens with one attached hydrogen (secondary N) is 3. The molecule has 2 saturated carbocycles. The Hall–Kier alpha value is -3.00. The summed E-state index contributed by atoms with van der Waals surface area (Å²) in [5, 5.41) is 14.7. The van der Waals surface area contributed by atoms with Crippen LogP contribution in [0.5, 0.6) is 0 Å². The van der Waals surface area contributed by atoms with E-state index >= 15 is 0 Å². The highest BCUT2D eigenvalue weighted by atomic mass is 32.2. The lowest BCUT2D eigenvalue weighted by molar-refractivity contribution is -0.119. The van der Waals surface area contributed by atoms with E-state index in [9.17, 15) is 4.79 Å². The second kappa shape index (κ2) is 11.4. The third-order valence-electron chi connectivity index (χ3n) is 7.16. The first kappa shape index (κ1) is 26.1. The van der Waals surface area contributed by atoms with Gasteiger partial charge in [-0.25, -0.2) is 0 Å². The molecule has 7 N–H and O–H groups in total. The maximum atomic E-state index is 13.6. The topological polar surface area (TPSA) is 129 Å². The van der Waals surface area contributed by atoms with Gasteiger partial charge in [0.1, 0.15) is 6.04 Å². The van der Waals surface area contributed by atoms with Crippen LogP contribution >= 0.6 is 11.8 Å². The van der Waals surface area contributed by atoms with Crippen molar-refractivity contribution in [3.8, 4) is 0 Å². The van der Waals surface area contributed by atoms with Crippen LogP contribution in [0.4, 0.5) is 5.69 Å². The lowest BCUT2D eigenvalue weighted by Crippen LogP contribution is -2.50. The zero-order valence-electron chi connectivity index (χ0n) is 21.4. The highest BCUT2D eigenvalue weighted by molar-refractivity contribution is 7.98. The Labute approximate surface area is 218 Å². The second-order valence-corrected chi connectivity index (χ2v) is 11.0. The average Bonchev–Trinajstić information content (AvgIpc) is 3.75. The molecule has 1 aliphatic heterocycles. The molecule has 0 radical (unpaired) electrons. The van der Waals surface area contributed by atoms with Crippen molar-refractivity contribution >= 4 is 40.4 Å². The van der Waals surface area contributed by atoms with Crippen LogP contribution in [0.15, 0.2) is 58.5 Å². The molecule has 0 aromatic heterocycles. The van der Waals surface area contributed by atoms with Crippen molar-refractivity contribution < 1.29 is 4.79 Å². The number of thioether (sulfide) groups is 1. The molecule has 8 heteroatoms. The Morgan fingerprint density at radius 1 is 1.28 bits per heavy atom. The molecule has 1 aromatic carbocycles. The lowest BCUT2D eigenvalue weighted by Gasteiger charge is -2.32. The first-order chi connectivity index (χ1) is 17.3. The first-order valence-corrected chi connectivity index (χ1v) is 14.1. The fraction of sp³-hybridized carbons (Fsp3) is 0.464. The summed E-state index contributed by atoms with van der Waals surface area (Å²) < 4.78 is 0. The van der Waals surface area contributed by atoms with Crippen molar-refractivity contribution in [1.29, 1.82) is 5.41 Å². The number of amides is 1. The molecule has 36 heavy (non-hydrogen) atoms. The molecule has 2 aliphatic carbocycles. The van der Waals surface area contributed by atoms with Gasteiger partial charge in [0.05, 0.1) is 11.4 Å². The van der Waals surface area contributed by atoms with Crippen LogP contribution in [0, 0.1) is 23.2 Å². The Bertz CT molecular complexity index is 1130. The summed E-state index contributed by atoms with van der Waals surface area (Å²) in [6, 6.07) is 7.26. The number of carbonyl (C=O) groups excluding carboxylic acids is 1. The van der Waals surface area contributed by atoms with Gasteiger partial charge in [-0.2, -0.15) is 11.8 Å². The predicted molar refractivity (Wildman–Crippen MR) is 152 cm³/mol. The van der Waals surface area contributed by atoms with E-state index in [0.717, 1.165) is 53.4 Å². The fourth-order valence-corrected chi connectivity index (χ4v) is 5.78. The zero-order valence-corrected chi connectivity index (χ0v) is 22.3. The van der Waals surface area contributed by atoms with Crippen molar-refractivity contribution in [3.05, 3.63) is 59.1 Å². The smallest absolute Gasteiger partial charge is 0.247 e.